The Hall–Kier alpha value is -1.02. The molecular formula is C21H34O2. The molecule has 0 saturated heterocycles. The van der Waals surface area contributed by atoms with Gasteiger partial charge in [0, 0.05) is 11.1 Å². The van der Waals surface area contributed by atoms with Gasteiger partial charge in [0.15, 0.2) is 5.75 Å². The van der Waals surface area contributed by atoms with Crippen molar-refractivity contribution in [3.05, 3.63) is 27.8 Å². The minimum atomic E-state index is 0.0227. The van der Waals surface area contributed by atoms with Gasteiger partial charge in [0.25, 0.3) is 0 Å². The highest BCUT2D eigenvalue weighted by molar-refractivity contribution is 5.61. The van der Waals surface area contributed by atoms with E-state index in [2.05, 4.69) is 62.3 Å². The molecule has 2 nitrogen and oxygen atoms in total. The van der Waals surface area contributed by atoms with E-state index in [1.165, 1.54) is 27.8 Å². The number of rotatable bonds is 3. The lowest BCUT2D eigenvalue weighted by Gasteiger charge is -2.35. The summed E-state index contributed by atoms with van der Waals surface area (Å²) in [5.74, 6) is 1.00. The Morgan fingerprint density at radius 3 is 1.70 bits per heavy atom. The van der Waals surface area contributed by atoms with E-state index in [4.69, 9.17) is 9.78 Å². The maximum Gasteiger partial charge on any atom is 0.175 e. The van der Waals surface area contributed by atoms with Crippen molar-refractivity contribution in [1.82, 2.24) is 0 Å². The zero-order chi connectivity index (χ0) is 17.6. The molecule has 0 amide bonds. The Morgan fingerprint density at radius 2 is 1.30 bits per heavy atom. The van der Waals surface area contributed by atoms with Gasteiger partial charge in [-0.1, -0.05) is 62.3 Å². The SMILES string of the molecule is CCc1c(CC)c(C(C)(C)C)c(C(C)(C)C)c2c1C(CC)OO2. The highest BCUT2D eigenvalue weighted by atomic mass is 17.2. The molecule has 23 heavy (non-hydrogen) atoms. The maximum absolute atomic E-state index is 5.84. The normalized spacial score (nSPS) is 18.0. The van der Waals surface area contributed by atoms with E-state index in [-0.39, 0.29) is 16.9 Å². The summed E-state index contributed by atoms with van der Waals surface area (Å²) in [5, 5.41) is 0. The van der Waals surface area contributed by atoms with Crippen molar-refractivity contribution < 1.29 is 9.78 Å². The molecule has 1 unspecified atom stereocenters. The van der Waals surface area contributed by atoms with E-state index in [9.17, 15) is 0 Å². The van der Waals surface area contributed by atoms with Gasteiger partial charge in [-0.3, -0.25) is 0 Å². The lowest BCUT2D eigenvalue weighted by Crippen LogP contribution is -2.26. The third-order valence-electron chi connectivity index (χ3n) is 4.86. The zero-order valence-electron chi connectivity index (χ0n) is 16.5. The molecule has 2 rings (SSSR count). The molecule has 1 aromatic carbocycles. The summed E-state index contributed by atoms with van der Waals surface area (Å²) in [6.45, 7) is 20.5. The fourth-order valence-electron chi connectivity index (χ4n) is 4.04. The van der Waals surface area contributed by atoms with E-state index < -0.39 is 0 Å². The average molecular weight is 319 g/mol. The molecule has 0 fully saturated rings. The zero-order valence-corrected chi connectivity index (χ0v) is 16.5. The molecule has 1 aliphatic heterocycles. The predicted octanol–water partition coefficient (Wildman–Crippen LogP) is 6.18. The van der Waals surface area contributed by atoms with E-state index >= 15 is 0 Å². The van der Waals surface area contributed by atoms with E-state index in [0.717, 1.165) is 25.0 Å². The van der Waals surface area contributed by atoms with E-state index in [1.807, 2.05) is 0 Å². The molecule has 130 valence electrons. The summed E-state index contributed by atoms with van der Waals surface area (Å²) in [7, 11) is 0. The first-order valence-electron chi connectivity index (χ1n) is 9.13. The Kier molecular flexibility index (Phi) is 4.88. The van der Waals surface area contributed by atoms with Gasteiger partial charge in [0.1, 0.15) is 6.10 Å². The first-order valence-corrected chi connectivity index (χ1v) is 9.13. The van der Waals surface area contributed by atoms with E-state index in [0.29, 0.717) is 0 Å². The van der Waals surface area contributed by atoms with Crippen LogP contribution in [0.2, 0.25) is 0 Å². The molecule has 2 heteroatoms. The standard InChI is InChI=1S/C21H34O2/c1-10-13-14(11-2)17(20(4,5)6)18(21(7,8)9)19-16(13)15(12-3)22-23-19/h15H,10-12H2,1-9H3. The van der Waals surface area contributed by atoms with Crippen LogP contribution in [0.1, 0.15) is 103 Å². The maximum atomic E-state index is 5.84. The number of fused-ring (bicyclic) bond motifs is 1. The summed E-state index contributed by atoms with van der Waals surface area (Å²) in [6, 6.07) is 0. The van der Waals surface area contributed by atoms with Crippen LogP contribution in [0.5, 0.6) is 5.75 Å². The number of hydrogen-bond donors (Lipinski definition) is 0. The fourth-order valence-corrected chi connectivity index (χ4v) is 4.04. The van der Waals surface area contributed by atoms with Crippen molar-refractivity contribution >= 4 is 0 Å². The van der Waals surface area contributed by atoms with Crippen molar-refractivity contribution in [2.75, 3.05) is 0 Å². The van der Waals surface area contributed by atoms with Gasteiger partial charge in [0.05, 0.1) is 0 Å². The van der Waals surface area contributed by atoms with Crippen LogP contribution in [-0.4, -0.2) is 0 Å². The van der Waals surface area contributed by atoms with Crippen LogP contribution in [0.3, 0.4) is 0 Å². The molecule has 0 saturated carbocycles. The molecule has 0 aromatic heterocycles. The summed E-state index contributed by atoms with van der Waals surface area (Å²) in [4.78, 5) is 11.6. The van der Waals surface area contributed by atoms with Crippen LogP contribution >= 0.6 is 0 Å². The first-order chi connectivity index (χ1) is 10.6. The van der Waals surface area contributed by atoms with Crippen LogP contribution < -0.4 is 4.89 Å². The Balaban J connectivity index is 2.98. The molecule has 1 aromatic rings. The Bertz CT molecular complexity index is 586. The summed E-state index contributed by atoms with van der Waals surface area (Å²) in [6.07, 6.45) is 3.10. The molecule has 0 aliphatic carbocycles. The third-order valence-corrected chi connectivity index (χ3v) is 4.86. The van der Waals surface area contributed by atoms with Gasteiger partial charge in [-0.05, 0) is 46.8 Å². The second-order valence-electron chi connectivity index (χ2n) is 8.73. The highest BCUT2D eigenvalue weighted by Crippen LogP contribution is 2.51. The van der Waals surface area contributed by atoms with Crippen LogP contribution in [0.25, 0.3) is 0 Å². The summed E-state index contributed by atoms with van der Waals surface area (Å²) >= 11 is 0. The smallest absolute Gasteiger partial charge is 0.175 e. The third kappa shape index (κ3) is 3.03. The molecule has 0 spiro atoms. The van der Waals surface area contributed by atoms with Crippen molar-refractivity contribution in [3.8, 4) is 5.75 Å². The largest absolute Gasteiger partial charge is 0.336 e. The van der Waals surface area contributed by atoms with Gasteiger partial charge < -0.3 is 4.89 Å². The lowest BCUT2D eigenvalue weighted by atomic mass is 9.69. The fraction of sp³-hybridized carbons (Fsp3) is 0.714. The second kappa shape index (κ2) is 6.12. The molecule has 0 radical (unpaired) electrons. The minimum absolute atomic E-state index is 0.0227. The quantitative estimate of drug-likeness (QED) is 0.619. The molecule has 1 aliphatic rings. The summed E-state index contributed by atoms with van der Waals surface area (Å²) in [5.41, 5.74) is 7.18. The number of benzene rings is 1. The van der Waals surface area contributed by atoms with Gasteiger partial charge in [0.2, 0.25) is 0 Å². The van der Waals surface area contributed by atoms with Crippen LogP contribution in [0.15, 0.2) is 0 Å². The molecule has 0 N–H and O–H groups in total. The van der Waals surface area contributed by atoms with Gasteiger partial charge in [-0.15, -0.1) is 0 Å². The molecule has 1 atom stereocenters. The average Bonchev–Trinajstić information content (AvgIpc) is 2.85. The lowest BCUT2D eigenvalue weighted by molar-refractivity contribution is -0.224. The van der Waals surface area contributed by atoms with Crippen LogP contribution in [0, 0.1) is 0 Å². The first kappa shape index (κ1) is 18.3. The molecule has 0 bridgehead atoms. The Morgan fingerprint density at radius 1 is 0.783 bits per heavy atom. The summed E-state index contributed by atoms with van der Waals surface area (Å²) < 4.78 is 0. The second-order valence-corrected chi connectivity index (χ2v) is 8.73. The van der Waals surface area contributed by atoms with Gasteiger partial charge in [-0.2, -0.15) is 4.89 Å². The molecular weight excluding hydrogens is 284 g/mol. The Labute approximate surface area is 142 Å². The van der Waals surface area contributed by atoms with E-state index in [1.54, 1.807) is 0 Å². The van der Waals surface area contributed by atoms with Crippen molar-refractivity contribution in [1.29, 1.82) is 0 Å². The van der Waals surface area contributed by atoms with Crippen molar-refractivity contribution in [2.45, 2.75) is 98.5 Å². The molecule has 1 heterocycles. The van der Waals surface area contributed by atoms with Crippen molar-refractivity contribution in [3.63, 3.8) is 0 Å². The monoisotopic (exact) mass is 318 g/mol. The highest BCUT2D eigenvalue weighted by Gasteiger charge is 2.40. The van der Waals surface area contributed by atoms with Gasteiger partial charge >= 0.3 is 0 Å². The van der Waals surface area contributed by atoms with Crippen LogP contribution in [-0.2, 0) is 28.6 Å². The number of hydrogen-bond acceptors (Lipinski definition) is 2. The van der Waals surface area contributed by atoms with Gasteiger partial charge in [-0.25, -0.2) is 0 Å². The topological polar surface area (TPSA) is 18.5 Å². The van der Waals surface area contributed by atoms with Crippen LogP contribution in [0.4, 0.5) is 0 Å². The van der Waals surface area contributed by atoms with Crippen molar-refractivity contribution in [2.24, 2.45) is 0 Å². The minimum Gasteiger partial charge on any atom is -0.336 e. The predicted molar refractivity (Wildman–Crippen MR) is 97.3 cm³/mol.